The highest BCUT2D eigenvalue weighted by atomic mass is 16.4. The van der Waals surface area contributed by atoms with E-state index in [1.54, 1.807) is 0 Å². The molecule has 0 rings (SSSR count). The maximum atomic E-state index is 11.7. The number of hydrogen-bond acceptors (Lipinski definition) is 7. The van der Waals surface area contributed by atoms with E-state index >= 15 is 0 Å². The minimum Gasteiger partial charge on any atom is -0.481 e. The summed E-state index contributed by atoms with van der Waals surface area (Å²) in [5, 5.41) is 8.46. The van der Waals surface area contributed by atoms with E-state index in [1.807, 2.05) is 0 Å². The molecule has 0 saturated heterocycles. The van der Waals surface area contributed by atoms with Gasteiger partial charge < -0.3 is 10.8 Å². The number of carboxylic acid groups (broad SMARTS) is 1. The summed E-state index contributed by atoms with van der Waals surface area (Å²) in [5.74, 6) is -2.04. The van der Waals surface area contributed by atoms with Crippen LogP contribution in [0, 0.1) is 0 Å². The zero-order valence-electron chi connectivity index (χ0n) is 15.0. The molecule has 0 saturated carbocycles. The van der Waals surface area contributed by atoms with Gasteiger partial charge in [-0.1, -0.05) is 0 Å². The highest BCUT2D eigenvalue weighted by Gasteiger charge is 2.13. The second kappa shape index (κ2) is 14.0. The molecule has 0 atom stereocenters. The molecule has 0 amide bonds. The predicted octanol–water partition coefficient (Wildman–Crippen LogP) is 1.17. The first kappa shape index (κ1) is 23.8. The minimum absolute atomic E-state index is 0.00603. The van der Waals surface area contributed by atoms with Crippen LogP contribution < -0.4 is 5.73 Å². The molecule has 0 aromatic carbocycles. The van der Waals surface area contributed by atoms with Crippen LogP contribution in [-0.4, -0.2) is 46.5 Å². The van der Waals surface area contributed by atoms with Crippen LogP contribution in [0.2, 0.25) is 0 Å². The Balaban J connectivity index is 3.82. The van der Waals surface area contributed by atoms with E-state index in [4.69, 9.17) is 10.8 Å². The molecule has 0 radical (unpaired) electrons. The van der Waals surface area contributed by atoms with Crippen molar-refractivity contribution in [3.8, 4) is 0 Å². The lowest BCUT2D eigenvalue weighted by molar-refractivity contribution is -0.138. The van der Waals surface area contributed by atoms with Crippen molar-refractivity contribution in [3.63, 3.8) is 0 Å². The topological polar surface area (TPSA) is 149 Å². The molecule has 26 heavy (non-hydrogen) atoms. The largest absolute Gasteiger partial charge is 0.481 e. The zero-order chi connectivity index (χ0) is 19.9. The second-order valence-corrected chi connectivity index (χ2v) is 6.13. The molecule has 0 aliphatic rings. The number of carboxylic acids is 1. The smallest absolute Gasteiger partial charge is 0.303 e. The molecule has 0 aliphatic carbocycles. The van der Waals surface area contributed by atoms with E-state index in [2.05, 4.69) is 0 Å². The Morgan fingerprint density at radius 2 is 0.692 bits per heavy atom. The summed E-state index contributed by atoms with van der Waals surface area (Å²) in [4.78, 5) is 67.9. The maximum Gasteiger partial charge on any atom is 0.303 e. The van der Waals surface area contributed by atoms with Crippen LogP contribution >= 0.6 is 0 Å². The third-order valence-corrected chi connectivity index (χ3v) is 3.77. The van der Waals surface area contributed by atoms with Gasteiger partial charge in [-0.2, -0.15) is 0 Å². The first-order chi connectivity index (χ1) is 12.2. The number of nitrogens with two attached hydrogens (primary N) is 1. The van der Waals surface area contributed by atoms with Crippen molar-refractivity contribution in [3.05, 3.63) is 0 Å². The predicted molar refractivity (Wildman–Crippen MR) is 92.5 cm³/mol. The van der Waals surface area contributed by atoms with Crippen LogP contribution in [0.4, 0.5) is 0 Å². The molecule has 8 nitrogen and oxygen atoms in total. The van der Waals surface area contributed by atoms with Gasteiger partial charge in [0.05, 0.1) is 6.42 Å². The first-order valence-electron chi connectivity index (χ1n) is 8.75. The van der Waals surface area contributed by atoms with Crippen LogP contribution in [0.15, 0.2) is 0 Å². The molecule has 0 heterocycles. The van der Waals surface area contributed by atoms with Crippen LogP contribution in [0.3, 0.4) is 0 Å². The number of hydrogen-bond donors (Lipinski definition) is 2. The fourth-order valence-corrected chi connectivity index (χ4v) is 2.15. The van der Waals surface area contributed by atoms with Crippen molar-refractivity contribution in [2.75, 3.05) is 6.54 Å². The monoisotopic (exact) mass is 369 g/mol. The average molecular weight is 369 g/mol. The first-order valence-corrected chi connectivity index (χ1v) is 8.75. The highest BCUT2D eigenvalue weighted by Crippen LogP contribution is 2.07. The van der Waals surface area contributed by atoms with Gasteiger partial charge in [0.15, 0.2) is 0 Å². The summed E-state index contributed by atoms with van der Waals surface area (Å²) in [5.41, 5.74) is 5.24. The third kappa shape index (κ3) is 14.2. The summed E-state index contributed by atoms with van der Waals surface area (Å²) in [6.07, 6.45) is 0.217. The summed E-state index contributed by atoms with van der Waals surface area (Å²) in [6.45, 7) is 0.255. The van der Waals surface area contributed by atoms with E-state index in [9.17, 15) is 28.8 Å². The Morgan fingerprint density at radius 3 is 0.923 bits per heavy atom. The van der Waals surface area contributed by atoms with E-state index in [0.29, 0.717) is 0 Å². The summed E-state index contributed by atoms with van der Waals surface area (Å²) < 4.78 is 0. The molecule has 146 valence electrons. The minimum atomic E-state index is -1.06. The third-order valence-electron chi connectivity index (χ3n) is 3.77. The van der Waals surface area contributed by atoms with E-state index in [1.165, 1.54) is 0 Å². The summed E-state index contributed by atoms with van der Waals surface area (Å²) >= 11 is 0. The number of ketones is 5. The number of carbonyl (C=O) groups is 6. The molecular formula is C18H27NO7. The molecule has 0 aliphatic heterocycles. The Bertz CT molecular complexity index is 540. The van der Waals surface area contributed by atoms with Gasteiger partial charge in [-0.25, -0.2) is 0 Å². The molecule has 0 spiro atoms. The van der Waals surface area contributed by atoms with Crippen LogP contribution in [0.5, 0.6) is 0 Å². The van der Waals surface area contributed by atoms with Gasteiger partial charge in [0.2, 0.25) is 0 Å². The van der Waals surface area contributed by atoms with Gasteiger partial charge in [0.1, 0.15) is 28.9 Å². The Morgan fingerprint density at radius 1 is 0.462 bits per heavy atom. The normalized spacial score (nSPS) is 10.3. The molecule has 0 aromatic rings. The van der Waals surface area contributed by atoms with Gasteiger partial charge in [0, 0.05) is 64.2 Å². The highest BCUT2D eigenvalue weighted by molar-refractivity contribution is 5.92. The van der Waals surface area contributed by atoms with Gasteiger partial charge >= 0.3 is 5.97 Å². The van der Waals surface area contributed by atoms with Gasteiger partial charge in [-0.15, -0.1) is 0 Å². The van der Waals surface area contributed by atoms with E-state index in [-0.39, 0.29) is 106 Å². The van der Waals surface area contributed by atoms with Crippen molar-refractivity contribution in [2.24, 2.45) is 5.73 Å². The van der Waals surface area contributed by atoms with Crippen LogP contribution in [0.1, 0.15) is 70.6 Å². The second-order valence-electron chi connectivity index (χ2n) is 6.13. The fraction of sp³-hybridized carbons (Fsp3) is 0.667. The molecule has 0 unspecified atom stereocenters. The van der Waals surface area contributed by atoms with Crippen molar-refractivity contribution in [2.45, 2.75) is 70.6 Å². The number of rotatable bonds is 17. The molecule has 8 heteroatoms. The van der Waals surface area contributed by atoms with Crippen LogP contribution in [0.25, 0.3) is 0 Å². The van der Waals surface area contributed by atoms with Gasteiger partial charge in [-0.3, -0.25) is 28.8 Å². The van der Waals surface area contributed by atoms with Gasteiger partial charge in [0.25, 0.3) is 0 Å². The molecular weight excluding hydrogens is 342 g/mol. The molecule has 0 aromatic heterocycles. The van der Waals surface area contributed by atoms with Crippen molar-refractivity contribution >= 4 is 34.9 Å². The SMILES string of the molecule is NCCC(=O)CCC(=O)CCC(=O)CCC(=O)CCC(=O)CCC(=O)O. The summed E-state index contributed by atoms with van der Waals surface area (Å²) in [6, 6.07) is 0. The average Bonchev–Trinajstić information content (AvgIpc) is 2.59. The van der Waals surface area contributed by atoms with Crippen molar-refractivity contribution < 1.29 is 33.9 Å². The number of Topliss-reactive ketones (excluding diaryl/α,β-unsaturated/α-hetero) is 5. The quantitative estimate of drug-likeness (QED) is 0.388. The fourth-order valence-electron chi connectivity index (χ4n) is 2.15. The Kier molecular flexibility index (Phi) is 12.8. The Labute approximate surface area is 152 Å². The zero-order valence-corrected chi connectivity index (χ0v) is 15.0. The Hall–Kier alpha value is -2.22. The molecule has 0 bridgehead atoms. The standard InChI is InChI=1S/C18H27NO7/c19-12-11-17(24)8-7-15(22)4-3-13(20)1-2-14(21)5-6-16(23)9-10-18(25)26/h1-12,19H2,(H,25,26). The molecule has 0 fully saturated rings. The maximum absolute atomic E-state index is 11.7. The van der Waals surface area contributed by atoms with Gasteiger partial charge in [-0.05, 0) is 6.54 Å². The van der Waals surface area contributed by atoms with E-state index in [0.717, 1.165) is 0 Å². The van der Waals surface area contributed by atoms with E-state index < -0.39 is 5.97 Å². The number of aliphatic carboxylic acids is 1. The lowest BCUT2D eigenvalue weighted by Gasteiger charge is -2.02. The lowest BCUT2D eigenvalue weighted by Crippen LogP contribution is -2.11. The lowest BCUT2D eigenvalue weighted by atomic mass is 10.0. The molecule has 3 N–H and O–H groups in total. The van der Waals surface area contributed by atoms with Crippen molar-refractivity contribution in [1.29, 1.82) is 0 Å². The number of carbonyl (C=O) groups excluding carboxylic acids is 5. The van der Waals surface area contributed by atoms with Crippen LogP contribution in [-0.2, 0) is 28.8 Å². The van der Waals surface area contributed by atoms with Crippen molar-refractivity contribution in [1.82, 2.24) is 0 Å². The summed E-state index contributed by atoms with van der Waals surface area (Å²) in [7, 11) is 0.